The quantitative estimate of drug-likeness (QED) is 0.768. The Morgan fingerprint density at radius 1 is 1.26 bits per heavy atom. The van der Waals surface area contributed by atoms with E-state index < -0.39 is 5.91 Å². The molecule has 19 heavy (non-hydrogen) atoms. The van der Waals surface area contributed by atoms with Crippen LogP contribution >= 0.6 is 0 Å². The third-order valence-electron chi connectivity index (χ3n) is 3.15. The highest BCUT2D eigenvalue weighted by molar-refractivity contribution is 5.94. The minimum atomic E-state index is -0.460. The van der Waals surface area contributed by atoms with Gasteiger partial charge in [-0.05, 0) is 30.2 Å². The van der Waals surface area contributed by atoms with Crippen LogP contribution in [0.2, 0.25) is 0 Å². The molecule has 0 spiro atoms. The van der Waals surface area contributed by atoms with Crippen molar-refractivity contribution < 1.29 is 9.59 Å². The number of primary amides is 1. The van der Waals surface area contributed by atoms with Gasteiger partial charge in [-0.1, -0.05) is 12.1 Å². The van der Waals surface area contributed by atoms with Crippen molar-refractivity contribution in [1.29, 1.82) is 0 Å². The summed E-state index contributed by atoms with van der Waals surface area (Å²) in [7, 11) is 0. The Hall–Kier alpha value is -2.14. The minimum absolute atomic E-state index is 0.0353. The first-order chi connectivity index (χ1) is 9.06. The van der Waals surface area contributed by atoms with Crippen LogP contribution in [0.25, 0.3) is 6.08 Å². The van der Waals surface area contributed by atoms with Crippen LogP contribution < -0.4 is 11.5 Å². The summed E-state index contributed by atoms with van der Waals surface area (Å²) in [5.74, 6) is -0.496. The van der Waals surface area contributed by atoms with Crippen LogP contribution in [0.3, 0.4) is 0 Å². The first kappa shape index (κ1) is 13.3. The van der Waals surface area contributed by atoms with Gasteiger partial charge in [-0.25, -0.2) is 0 Å². The van der Waals surface area contributed by atoms with Crippen molar-refractivity contribution in [3.05, 3.63) is 41.5 Å². The number of hydrogen-bond donors (Lipinski definition) is 2. The van der Waals surface area contributed by atoms with Crippen LogP contribution in [0.15, 0.2) is 30.3 Å². The van der Waals surface area contributed by atoms with Gasteiger partial charge in [-0.3, -0.25) is 9.59 Å². The molecule has 1 fully saturated rings. The van der Waals surface area contributed by atoms with E-state index in [0.29, 0.717) is 18.7 Å². The minimum Gasteiger partial charge on any atom is -0.366 e. The Kier molecular flexibility index (Phi) is 3.97. The number of nitrogens with zero attached hydrogens (tertiary/aromatic N) is 1. The van der Waals surface area contributed by atoms with Gasteiger partial charge in [0.15, 0.2) is 0 Å². The molecule has 2 rings (SSSR count). The summed E-state index contributed by atoms with van der Waals surface area (Å²) in [6.07, 6.45) is 4.10. The second-order valence-electron chi connectivity index (χ2n) is 4.65. The smallest absolute Gasteiger partial charge is 0.248 e. The zero-order chi connectivity index (χ0) is 13.8. The summed E-state index contributed by atoms with van der Waals surface area (Å²) in [6, 6.07) is 6.86. The molecule has 1 aliphatic rings. The summed E-state index contributed by atoms with van der Waals surface area (Å²) in [4.78, 5) is 24.5. The maximum Gasteiger partial charge on any atom is 0.248 e. The molecule has 0 radical (unpaired) electrons. The lowest BCUT2D eigenvalue weighted by molar-refractivity contribution is -0.124. The lowest BCUT2D eigenvalue weighted by atomic mass is 10.1. The number of carbonyl (C=O) groups is 2. The molecular formula is C14H17N3O2. The molecule has 1 aromatic carbocycles. The molecule has 1 atom stereocenters. The molecule has 1 saturated heterocycles. The molecule has 0 saturated carbocycles. The van der Waals surface area contributed by atoms with Gasteiger partial charge in [0.05, 0.1) is 0 Å². The van der Waals surface area contributed by atoms with Crippen molar-refractivity contribution in [2.75, 3.05) is 13.1 Å². The number of benzene rings is 1. The second-order valence-corrected chi connectivity index (χ2v) is 4.65. The summed E-state index contributed by atoms with van der Waals surface area (Å²) in [5, 5.41) is 0. The van der Waals surface area contributed by atoms with Crippen LogP contribution in [-0.2, 0) is 4.79 Å². The Bertz CT molecular complexity index is 508. The molecule has 1 heterocycles. The van der Waals surface area contributed by atoms with Gasteiger partial charge in [0.1, 0.15) is 0 Å². The molecular weight excluding hydrogens is 242 g/mol. The fraction of sp³-hybridized carbons (Fsp3) is 0.286. The summed E-state index contributed by atoms with van der Waals surface area (Å²) in [6.45, 7) is 1.33. The SMILES string of the molecule is NC(=O)c1ccc(/C=C/C(=O)N2CCC(N)C2)cc1. The van der Waals surface area contributed by atoms with Crippen molar-refractivity contribution in [2.24, 2.45) is 11.5 Å². The van der Waals surface area contributed by atoms with Crippen LogP contribution in [0.1, 0.15) is 22.3 Å². The first-order valence-corrected chi connectivity index (χ1v) is 6.18. The largest absolute Gasteiger partial charge is 0.366 e. The Morgan fingerprint density at radius 3 is 2.47 bits per heavy atom. The van der Waals surface area contributed by atoms with E-state index in [9.17, 15) is 9.59 Å². The van der Waals surface area contributed by atoms with Crippen molar-refractivity contribution in [2.45, 2.75) is 12.5 Å². The van der Waals surface area contributed by atoms with Crippen LogP contribution in [0.4, 0.5) is 0 Å². The number of likely N-dealkylation sites (tertiary alicyclic amines) is 1. The lowest BCUT2D eigenvalue weighted by Crippen LogP contribution is -2.30. The van der Waals surface area contributed by atoms with E-state index in [2.05, 4.69) is 0 Å². The number of amides is 2. The van der Waals surface area contributed by atoms with E-state index in [1.807, 2.05) is 0 Å². The molecule has 0 aromatic heterocycles. The molecule has 100 valence electrons. The molecule has 4 N–H and O–H groups in total. The highest BCUT2D eigenvalue weighted by atomic mass is 16.2. The average molecular weight is 259 g/mol. The first-order valence-electron chi connectivity index (χ1n) is 6.18. The van der Waals surface area contributed by atoms with E-state index in [0.717, 1.165) is 12.0 Å². The standard InChI is InChI=1S/C14H17N3O2/c15-12-7-8-17(9-12)13(18)6-3-10-1-4-11(5-2-10)14(16)19/h1-6,12H,7-9,15H2,(H2,16,19)/b6-3+. The highest BCUT2D eigenvalue weighted by Crippen LogP contribution is 2.09. The maximum atomic E-state index is 11.8. The monoisotopic (exact) mass is 259 g/mol. The van der Waals surface area contributed by atoms with Crippen LogP contribution in [0, 0.1) is 0 Å². The van der Waals surface area contributed by atoms with Gasteiger partial charge in [0.25, 0.3) is 0 Å². The number of hydrogen-bond acceptors (Lipinski definition) is 3. The molecule has 0 aliphatic carbocycles. The van der Waals surface area contributed by atoms with Gasteiger partial charge in [0, 0.05) is 30.8 Å². The van der Waals surface area contributed by atoms with E-state index in [1.54, 1.807) is 35.2 Å². The highest BCUT2D eigenvalue weighted by Gasteiger charge is 2.21. The van der Waals surface area contributed by atoms with Crippen LogP contribution in [-0.4, -0.2) is 35.8 Å². The Morgan fingerprint density at radius 2 is 1.95 bits per heavy atom. The molecule has 0 bridgehead atoms. The van der Waals surface area contributed by atoms with Gasteiger partial charge in [-0.15, -0.1) is 0 Å². The molecule has 5 nitrogen and oxygen atoms in total. The molecule has 2 amide bonds. The second kappa shape index (κ2) is 5.67. The van der Waals surface area contributed by atoms with E-state index >= 15 is 0 Å². The van der Waals surface area contributed by atoms with Crippen molar-refractivity contribution in [3.8, 4) is 0 Å². The van der Waals surface area contributed by atoms with E-state index in [-0.39, 0.29) is 11.9 Å². The average Bonchev–Trinajstić information content (AvgIpc) is 2.83. The van der Waals surface area contributed by atoms with E-state index in [1.165, 1.54) is 6.08 Å². The zero-order valence-electron chi connectivity index (χ0n) is 10.6. The predicted molar refractivity (Wildman–Crippen MR) is 73.2 cm³/mol. The van der Waals surface area contributed by atoms with Crippen molar-refractivity contribution >= 4 is 17.9 Å². The van der Waals surface area contributed by atoms with Gasteiger partial charge >= 0.3 is 0 Å². The Balaban J connectivity index is 1.98. The van der Waals surface area contributed by atoms with Gasteiger partial charge in [-0.2, -0.15) is 0 Å². The molecule has 5 heteroatoms. The van der Waals surface area contributed by atoms with Crippen molar-refractivity contribution in [3.63, 3.8) is 0 Å². The van der Waals surface area contributed by atoms with Crippen molar-refractivity contribution in [1.82, 2.24) is 4.90 Å². The third kappa shape index (κ3) is 3.42. The van der Waals surface area contributed by atoms with Crippen LogP contribution in [0.5, 0.6) is 0 Å². The topological polar surface area (TPSA) is 89.4 Å². The van der Waals surface area contributed by atoms with Gasteiger partial charge in [0.2, 0.25) is 11.8 Å². The number of carbonyl (C=O) groups excluding carboxylic acids is 2. The predicted octanol–water partition coefficient (Wildman–Crippen LogP) is 0.358. The number of rotatable bonds is 3. The number of nitrogens with two attached hydrogens (primary N) is 2. The Labute approximate surface area is 111 Å². The molecule has 1 aromatic rings. The summed E-state index contributed by atoms with van der Waals surface area (Å²) in [5.41, 5.74) is 12.2. The van der Waals surface area contributed by atoms with Gasteiger partial charge < -0.3 is 16.4 Å². The molecule has 1 aliphatic heterocycles. The van der Waals surface area contributed by atoms with E-state index in [4.69, 9.17) is 11.5 Å². The fourth-order valence-corrected chi connectivity index (χ4v) is 2.02. The lowest BCUT2D eigenvalue weighted by Gasteiger charge is -2.12. The third-order valence-corrected chi connectivity index (χ3v) is 3.15. The normalized spacial score (nSPS) is 19.0. The summed E-state index contributed by atoms with van der Waals surface area (Å²) < 4.78 is 0. The summed E-state index contributed by atoms with van der Waals surface area (Å²) >= 11 is 0. The maximum absolute atomic E-state index is 11.8. The zero-order valence-corrected chi connectivity index (χ0v) is 10.6. The fourth-order valence-electron chi connectivity index (χ4n) is 2.02. The molecule has 1 unspecified atom stereocenters.